The van der Waals surface area contributed by atoms with Gasteiger partial charge in [-0.1, -0.05) is 67.3 Å². The number of allylic oxidation sites excluding steroid dienone is 2. The lowest BCUT2D eigenvalue weighted by molar-refractivity contribution is -0.168. The van der Waals surface area contributed by atoms with E-state index in [1.54, 1.807) is 31.2 Å². The van der Waals surface area contributed by atoms with Crippen LogP contribution in [0.2, 0.25) is 0 Å². The van der Waals surface area contributed by atoms with Crippen molar-refractivity contribution in [2.24, 2.45) is 0 Å². The van der Waals surface area contributed by atoms with Crippen molar-refractivity contribution in [3.63, 3.8) is 0 Å². The van der Waals surface area contributed by atoms with Gasteiger partial charge in [0.25, 0.3) is 17.7 Å². The van der Waals surface area contributed by atoms with Gasteiger partial charge in [-0.05, 0) is 30.7 Å². The molecule has 3 atom stereocenters. The van der Waals surface area contributed by atoms with E-state index >= 15 is 0 Å². The number of cyclic esters (lactones) is 1. The van der Waals surface area contributed by atoms with Crippen LogP contribution in [0.25, 0.3) is 0 Å². The van der Waals surface area contributed by atoms with E-state index in [0.717, 1.165) is 10.5 Å². The molecule has 4 rings (SSSR count). The number of hydrogen-bond acceptors (Lipinski definition) is 8. The maximum atomic E-state index is 13.9. The molecule has 1 saturated heterocycles. The molecule has 44 heavy (non-hydrogen) atoms. The Morgan fingerprint density at radius 3 is 2.41 bits per heavy atom. The molecule has 0 saturated carbocycles. The molecule has 12 heteroatoms. The number of carbonyl (C=O) groups is 5. The molecule has 4 amide bonds. The summed E-state index contributed by atoms with van der Waals surface area (Å²) in [5.74, 6) is -3.22. The fraction of sp³-hybridized carbons (Fsp3) is 0.281. The molecule has 0 bridgehead atoms. The number of rotatable bonds is 11. The monoisotopic (exact) mass is 602 g/mol. The van der Waals surface area contributed by atoms with Gasteiger partial charge in [-0.25, -0.2) is 0 Å². The highest BCUT2D eigenvalue weighted by molar-refractivity contribution is 6.11. The molecule has 0 aliphatic carbocycles. The van der Waals surface area contributed by atoms with Gasteiger partial charge >= 0.3 is 5.97 Å². The van der Waals surface area contributed by atoms with Crippen LogP contribution in [0.5, 0.6) is 0 Å². The Morgan fingerprint density at radius 1 is 1.07 bits per heavy atom. The zero-order valence-corrected chi connectivity index (χ0v) is 24.2. The van der Waals surface area contributed by atoms with Gasteiger partial charge in [-0.3, -0.25) is 28.9 Å². The zero-order valence-electron chi connectivity index (χ0n) is 24.2. The van der Waals surface area contributed by atoms with E-state index < -0.39 is 61.1 Å². The van der Waals surface area contributed by atoms with Crippen molar-refractivity contribution in [1.29, 1.82) is 0 Å². The molecule has 2 aliphatic heterocycles. The number of benzene rings is 2. The third kappa shape index (κ3) is 7.65. The molecule has 2 aromatic rings. The molecule has 2 heterocycles. The van der Waals surface area contributed by atoms with Crippen LogP contribution in [-0.4, -0.2) is 72.8 Å². The Morgan fingerprint density at radius 2 is 1.75 bits per heavy atom. The Labute approximate surface area is 254 Å². The van der Waals surface area contributed by atoms with Crippen LogP contribution in [0.1, 0.15) is 18.9 Å². The number of para-hydroxylation sites is 2. The molecule has 2 aromatic carbocycles. The fourth-order valence-corrected chi connectivity index (χ4v) is 4.86. The second-order valence-electron chi connectivity index (χ2n) is 10.3. The molecule has 230 valence electrons. The summed E-state index contributed by atoms with van der Waals surface area (Å²) in [6, 6.07) is 13.5. The van der Waals surface area contributed by atoms with Gasteiger partial charge in [-0.2, -0.15) is 0 Å². The highest BCUT2D eigenvalue weighted by Crippen LogP contribution is 2.33. The molecule has 2 aliphatic rings. The summed E-state index contributed by atoms with van der Waals surface area (Å²) < 4.78 is 11.0. The van der Waals surface area contributed by atoms with E-state index in [-0.39, 0.29) is 36.5 Å². The zero-order chi connectivity index (χ0) is 31.8. The van der Waals surface area contributed by atoms with Gasteiger partial charge in [0, 0.05) is 5.57 Å². The van der Waals surface area contributed by atoms with Crippen LogP contribution < -0.4 is 20.4 Å². The van der Waals surface area contributed by atoms with Crippen molar-refractivity contribution in [2.45, 2.75) is 38.3 Å². The maximum absolute atomic E-state index is 13.9. The fourth-order valence-electron chi connectivity index (χ4n) is 4.86. The Balaban J connectivity index is 1.58. The second kappa shape index (κ2) is 14.4. The number of fused-ring (bicyclic) bond motifs is 1. The van der Waals surface area contributed by atoms with E-state index in [1.807, 2.05) is 30.3 Å². The van der Waals surface area contributed by atoms with Gasteiger partial charge in [0.2, 0.25) is 12.2 Å². The molecule has 12 nitrogen and oxygen atoms in total. The first-order valence-electron chi connectivity index (χ1n) is 13.9. The average Bonchev–Trinajstić information content (AvgIpc) is 3.32. The Hall–Kier alpha value is -5.07. The molecular weight excluding hydrogens is 568 g/mol. The number of nitrogens with one attached hydrogen (secondary N) is 2. The first kappa shape index (κ1) is 31.9. The first-order valence-corrected chi connectivity index (χ1v) is 13.9. The van der Waals surface area contributed by atoms with Crippen molar-refractivity contribution >= 4 is 41.0 Å². The molecule has 1 unspecified atom stereocenters. The number of carbonyl (C=O) groups excluding carboxylic acids is 5. The second-order valence-corrected chi connectivity index (χ2v) is 10.3. The number of amides is 4. The minimum atomic E-state index is -1.30. The topological polar surface area (TPSA) is 155 Å². The van der Waals surface area contributed by atoms with Crippen LogP contribution in [0, 0.1) is 0 Å². The predicted octanol–water partition coefficient (Wildman–Crippen LogP) is 1.51. The highest BCUT2D eigenvalue weighted by atomic mass is 16.7. The lowest BCUT2D eigenvalue weighted by atomic mass is 10.1. The van der Waals surface area contributed by atoms with Gasteiger partial charge in [0.05, 0.1) is 30.9 Å². The summed E-state index contributed by atoms with van der Waals surface area (Å²) in [5.41, 5.74) is 2.03. The van der Waals surface area contributed by atoms with Crippen molar-refractivity contribution in [2.75, 3.05) is 29.5 Å². The minimum Gasteiger partial charge on any atom is -0.433 e. The number of nitrogens with zero attached hydrogens (tertiary/aromatic N) is 2. The van der Waals surface area contributed by atoms with E-state index in [4.69, 9.17) is 9.47 Å². The molecule has 0 radical (unpaired) electrons. The molecule has 0 aromatic heterocycles. The standard InChI is InChI=1S/C32H34N4O8/c1-4-22(14-20(2)3)30(41)34-24-16-35(28(39)18-37)25-12-8-9-13-26(25)36(31(24)42)17-27(38)33-23-15-29(40)44-32(23)43-19-21-10-6-5-7-11-21/h4-14,23-24,32,37H,1-2,15-19H2,3H3,(H,33,38)(H,34,41)/t23-,24-,32?/m0/s1. The molecule has 1 fully saturated rings. The summed E-state index contributed by atoms with van der Waals surface area (Å²) in [4.78, 5) is 67.6. The quantitative estimate of drug-likeness (QED) is 0.199. The number of aliphatic hydroxyl groups is 1. The van der Waals surface area contributed by atoms with Crippen LogP contribution >= 0.6 is 0 Å². The highest BCUT2D eigenvalue weighted by Gasteiger charge is 2.40. The average molecular weight is 603 g/mol. The van der Waals surface area contributed by atoms with Crippen molar-refractivity contribution in [3.8, 4) is 0 Å². The Bertz CT molecular complexity index is 1490. The van der Waals surface area contributed by atoms with E-state index in [0.29, 0.717) is 5.57 Å². The summed E-state index contributed by atoms with van der Waals surface area (Å²) in [5, 5.41) is 15.0. The van der Waals surface area contributed by atoms with Gasteiger partial charge < -0.3 is 30.1 Å². The number of esters is 1. The summed E-state index contributed by atoms with van der Waals surface area (Å²) in [7, 11) is 0. The SMILES string of the molecule is C=CC(=CC(=C)C)C(=O)N[C@H]1CN(C(=O)CO)c2ccccc2N(CC(=O)N[C@H]2CC(=O)OC2OCc2ccccc2)C1=O. The lowest BCUT2D eigenvalue weighted by Crippen LogP contribution is -2.55. The molecule has 3 N–H and O–H groups in total. The van der Waals surface area contributed by atoms with Crippen molar-refractivity contribution < 1.29 is 38.6 Å². The largest absolute Gasteiger partial charge is 0.433 e. The third-order valence-corrected chi connectivity index (χ3v) is 6.89. The Kier molecular flexibility index (Phi) is 10.4. The van der Waals surface area contributed by atoms with Crippen LogP contribution in [-0.2, 0) is 40.1 Å². The summed E-state index contributed by atoms with van der Waals surface area (Å²) >= 11 is 0. The first-order chi connectivity index (χ1) is 21.1. The lowest BCUT2D eigenvalue weighted by Gasteiger charge is -2.26. The van der Waals surface area contributed by atoms with Crippen LogP contribution in [0.4, 0.5) is 11.4 Å². The van der Waals surface area contributed by atoms with Gasteiger partial charge in [-0.15, -0.1) is 0 Å². The maximum Gasteiger partial charge on any atom is 0.310 e. The number of aliphatic hydroxyl groups excluding tert-OH is 1. The van der Waals surface area contributed by atoms with Crippen molar-refractivity contribution in [1.82, 2.24) is 10.6 Å². The van der Waals surface area contributed by atoms with E-state index in [1.165, 1.54) is 17.1 Å². The number of ether oxygens (including phenoxy) is 2. The van der Waals surface area contributed by atoms with Crippen LogP contribution in [0.15, 0.2) is 91.1 Å². The molecular formula is C32H34N4O8. The smallest absolute Gasteiger partial charge is 0.310 e. The van der Waals surface area contributed by atoms with Crippen molar-refractivity contribution in [3.05, 3.63) is 96.6 Å². The normalized spacial score (nSPS) is 19.9. The van der Waals surface area contributed by atoms with E-state index in [9.17, 15) is 29.1 Å². The number of anilines is 2. The predicted molar refractivity (Wildman–Crippen MR) is 161 cm³/mol. The summed E-state index contributed by atoms with van der Waals surface area (Å²) in [6.07, 6.45) is 1.62. The molecule has 0 spiro atoms. The van der Waals surface area contributed by atoms with E-state index in [2.05, 4.69) is 23.8 Å². The van der Waals surface area contributed by atoms with Gasteiger partial charge in [0.15, 0.2) is 0 Å². The van der Waals surface area contributed by atoms with Crippen LogP contribution in [0.3, 0.4) is 0 Å². The third-order valence-electron chi connectivity index (χ3n) is 6.89. The number of hydrogen-bond donors (Lipinski definition) is 3. The van der Waals surface area contributed by atoms with Gasteiger partial charge in [0.1, 0.15) is 25.2 Å². The summed E-state index contributed by atoms with van der Waals surface area (Å²) in [6.45, 7) is 7.55. The minimum absolute atomic E-state index is 0.132.